The van der Waals surface area contributed by atoms with Crippen molar-refractivity contribution >= 4 is 11.9 Å². The SMILES string of the molecule is CCCCCC(=O)OC1C=C2C(=O)OCC2(O)C2(C)CCC(O)C(C)(C)C12. The van der Waals surface area contributed by atoms with Gasteiger partial charge in [0.15, 0.2) is 0 Å². The summed E-state index contributed by atoms with van der Waals surface area (Å²) < 4.78 is 11.0. The molecule has 0 aromatic rings. The van der Waals surface area contributed by atoms with Crippen LogP contribution in [0.3, 0.4) is 0 Å². The van der Waals surface area contributed by atoms with Crippen molar-refractivity contribution in [1.29, 1.82) is 0 Å². The van der Waals surface area contributed by atoms with Crippen LogP contribution in [-0.4, -0.2) is 46.6 Å². The van der Waals surface area contributed by atoms with E-state index in [1.165, 1.54) is 0 Å². The third-order valence-corrected chi connectivity index (χ3v) is 7.22. The maximum Gasteiger partial charge on any atom is 0.337 e. The minimum absolute atomic E-state index is 0.0893. The lowest BCUT2D eigenvalue weighted by Crippen LogP contribution is -2.66. The first kappa shape index (κ1) is 20.3. The Kier molecular flexibility index (Phi) is 5.19. The summed E-state index contributed by atoms with van der Waals surface area (Å²) in [4.78, 5) is 24.7. The van der Waals surface area contributed by atoms with E-state index in [1.54, 1.807) is 6.08 Å². The molecule has 0 aromatic carbocycles. The molecule has 2 aliphatic carbocycles. The van der Waals surface area contributed by atoms with Crippen molar-refractivity contribution in [2.75, 3.05) is 6.61 Å². The molecule has 5 unspecified atom stereocenters. The van der Waals surface area contributed by atoms with Gasteiger partial charge in [-0.1, -0.05) is 40.5 Å². The minimum atomic E-state index is -1.42. The fourth-order valence-electron chi connectivity index (χ4n) is 5.51. The number of carbonyl (C=O) groups is 2. The van der Waals surface area contributed by atoms with Gasteiger partial charge in [-0.2, -0.15) is 0 Å². The van der Waals surface area contributed by atoms with Gasteiger partial charge in [-0.3, -0.25) is 4.79 Å². The van der Waals surface area contributed by atoms with E-state index in [0.717, 1.165) is 19.3 Å². The van der Waals surface area contributed by atoms with Crippen LogP contribution < -0.4 is 0 Å². The van der Waals surface area contributed by atoms with Crippen LogP contribution in [0.15, 0.2) is 11.6 Å². The largest absolute Gasteiger partial charge is 0.459 e. The average molecular weight is 380 g/mol. The molecule has 5 atom stereocenters. The molecular formula is C21H32O6. The van der Waals surface area contributed by atoms with Crippen LogP contribution in [0.2, 0.25) is 0 Å². The van der Waals surface area contributed by atoms with E-state index in [-0.39, 0.29) is 24.1 Å². The van der Waals surface area contributed by atoms with Crippen molar-refractivity contribution in [2.24, 2.45) is 16.7 Å². The predicted molar refractivity (Wildman–Crippen MR) is 98.6 cm³/mol. The molecule has 152 valence electrons. The number of rotatable bonds is 5. The van der Waals surface area contributed by atoms with Crippen LogP contribution in [0, 0.1) is 16.7 Å². The number of hydrogen-bond donors (Lipinski definition) is 2. The fourth-order valence-corrected chi connectivity index (χ4v) is 5.51. The average Bonchev–Trinajstić information content (AvgIpc) is 2.89. The first-order valence-corrected chi connectivity index (χ1v) is 10.1. The van der Waals surface area contributed by atoms with E-state index in [0.29, 0.717) is 19.3 Å². The van der Waals surface area contributed by atoms with Crippen molar-refractivity contribution in [2.45, 2.75) is 84.0 Å². The summed E-state index contributed by atoms with van der Waals surface area (Å²) in [6.07, 6.45) is 4.42. The van der Waals surface area contributed by atoms with Gasteiger partial charge in [0.25, 0.3) is 0 Å². The highest BCUT2D eigenvalue weighted by Gasteiger charge is 2.69. The zero-order valence-electron chi connectivity index (χ0n) is 16.8. The van der Waals surface area contributed by atoms with Gasteiger partial charge in [-0.15, -0.1) is 0 Å². The minimum Gasteiger partial charge on any atom is -0.459 e. The number of carbonyl (C=O) groups excluding carboxylic acids is 2. The molecule has 0 bridgehead atoms. The molecule has 6 heteroatoms. The summed E-state index contributed by atoms with van der Waals surface area (Å²) in [6, 6.07) is 0. The van der Waals surface area contributed by atoms with Crippen LogP contribution in [0.4, 0.5) is 0 Å². The summed E-state index contributed by atoms with van der Waals surface area (Å²) >= 11 is 0. The molecule has 0 amide bonds. The monoisotopic (exact) mass is 380 g/mol. The lowest BCUT2D eigenvalue weighted by Gasteiger charge is -2.60. The van der Waals surface area contributed by atoms with E-state index in [1.807, 2.05) is 20.8 Å². The second-order valence-electron chi connectivity index (χ2n) is 9.20. The Morgan fingerprint density at radius 3 is 2.70 bits per heavy atom. The second kappa shape index (κ2) is 6.89. The molecule has 1 saturated heterocycles. The third kappa shape index (κ3) is 3.01. The number of ether oxygens (including phenoxy) is 2. The highest BCUT2D eigenvalue weighted by Crippen LogP contribution is 2.63. The van der Waals surface area contributed by atoms with E-state index < -0.39 is 34.6 Å². The molecule has 1 heterocycles. The Bertz CT molecular complexity index is 653. The molecule has 1 aliphatic heterocycles. The zero-order chi connectivity index (χ0) is 20.0. The Labute approximate surface area is 160 Å². The maximum atomic E-state index is 12.4. The maximum absolute atomic E-state index is 12.4. The van der Waals surface area contributed by atoms with Crippen molar-refractivity contribution in [3.05, 3.63) is 11.6 Å². The summed E-state index contributed by atoms with van der Waals surface area (Å²) in [5.74, 6) is -1.18. The number of aliphatic hydroxyl groups excluding tert-OH is 1. The number of unbranched alkanes of at least 4 members (excludes halogenated alkanes) is 2. The van der Waals surface area contributed by atoms with Gasteiger partial charge in [0.05, 0.1) is 11.7 Å². The van der Waals surface area contributed by atoms with Gasteiger partial charge in [0, 0.05) is 17.8 Å². The van der Waals surface area contributed by atoms with Crippen LogP contribution in [0.1, 0.15) is 66.2 Å². The molecule has 0 aromatic heterocycles. The lowest BCUT2D eigenvalue weighted by molar-refractivity contribution is -0.211. The first-order chi connectivity index (χ1) is 12.6. The number of cyclic esters (lactones) is 1. The molecule has 3 aliphatic rings. The van der Waals surface area contributed by atoms with E-state index >= 15 is 0 Å². The Balaban J connectivity index is 1.99. The molecule has 0 radical (unpaired) electrons. The second-order valence-corrected chi connectivity index (χ2v) is 9.20. The fraction of sp³-hybridized carbons (Fsp3) is 0.810. The number of fused-ring (bicyclic) bond motifs is 3. The third-order valence-electron chi connectivity index (χ3n) is 7.22. The number of aliphatic hydroxyl groups is 2. The highest BCUT2D eigenvalue weighted by atomic mass is 16.6. The van der Waals surface area contributed by atoms with E-state index in [2.05, 4.69) is 6.92 Å². The van der Waals surface area contributed by atoms with Crippen LogP contribution in [0.5, 0.6) is 0 Å². The van der Waals surface area contributed by atoms with Gasteiger partial charge in [-0.05, 0) is 30.8 Å². The standard InChI is InChI=1S/C21H32O6/c1-5-6-7-8-16(23)27-14-11-13-18(24)26-12-21(13,25)20(4)10-9-15(22)19(2,3)17(14)20/h11,14-15,17,22,25H,5-10,12H2,1-4H3. The number of hydrogen-bond acceptors (Lipinski definition) is 6. The normalized spacial score (nSPS) is 39.9. The Morgan fingerprint density at radius 1 is 1.33 bits per heavy atom. The van der Waals surface area contributed by atoms with Crippen molar-refractivity contribution in [3.63, 3.8) is 0 Å². The first-order valence-electron chi connectivity index (χ1n) is 10.1. The van der Waals surface area contributed by atoms with Crippen LogP contribution in [-0.2, 0) is 19.1 Å². The molecule has 3 rings (SSSR count). The van der Waals surface area contributed by atoms with Crippen LogP contribution >= 0.6 is 0 Å². The van der Waals surface area contributed by atoms with Gasteiger partial charge >= 0.3 is 11.9 Å². The van der Waals surface area contributed by atoms with Crippen LogP contribution in [0.25, 0.3) is 0 Å². The zero-order valence-corrected chi connectivity index (χ0v) is 16.8. The molecule has 1 saturated carbocycles. The molecule has 2 fully saturated rings. The topological polar surface area (TPSA) is 93.1 Å². The Morgan fingerprint density at radius 2 is 2.04 bits per heavy atom. The molecular weight excluding hydrogens is 348 g/mol. The quantitative estimate of drug-likeness (QED) is 0.562. The van der Waals surface area contributed by atoms with Crippen molar-refractivity contribution < 1.29 is 29.3 Å². The smallest absolute Gasteiger partial charge is 0.337 e. The van der Waals surface area contributed by atoms with Crippen molar-refractivity contribution in [3.8, 4) is 0 Å². The Hall–Kier alpha value is -1.40. The molecule has 27 heavy (non-hydrogen) atoms. The predicted octanol–water partition coefficient (Wildman–Crippen LogP) is 2.51. The molecule has 6 nitrogen and oxygen atoms in total. The molecule has 2 N–H and O–H groups in total. The van der Waals surface area contributed by atoms with E-state index in [4.69, 9.17) is 9.47 Å². The lowest BCUT2D eigenvalue weighted by atomic mass is 9.46. The van der Waals surface area contributed by atoms with E-state index in [9.17, 15) is 19.8 Å². The van der Waals surface area contributed by atoms with Gasteiger partial charge < -0.3 is 19.7 Å². The summed E-state index contributed by atoms with van der Waals surface area (Å²) in [5.41, 5.74) is -2.55. The number of esters is 2. The molecule has 0 spiro atoms. The van der Waals surface area contributed by atoms with Crippen molar-refractivity contribution in [1.82, 2.24) is 0 Å². The summed E-state index contributed by atoms with van der Waals surface area (Å²) in [6.45, 7) is 7.79. The highest BCUT2D eigenvalue weighted by molar-refractivity contribution is 5.94. The van der Waals surface area contributed by atoms with Gasteiger partial charge in [-0.25, -0.2) is 4.79 Å². The van der Waals surface area contributed by atoms with Gasteiger partial charge in [0.1, 0.15) is 18.3 Å². The summed E-state index contributed by atoms with van der Waals surface area (Å²) in [7, 11) is 0. The van der Waals surface area contributed by atoms with Gasteiger partial charge in [0.2, 0.25) is 0 Å². The summed E-state index contributed by atoms with van der Waals surface area (Å²) in [5, 5.41) is 22.1.